The Morgan fingerprint density at radius 3 is 2.47 bits per heavy atom. The number of hydrogen-bond acceptors (Lipinski definition) is 2. The molecule has 0 heterocycles. The van der Waals surface area contributed by atoms with Gasteiger partial charge in [0.2, 0.25) is 0 Å². The molecule has 2 nitrogen and oxygen atoms in total. The Bertz CT molecular complexity index is 360. The monoisotopic (exact) mass is 222 g/mol. The lowest BCUT2D eigenvalue weighted by Crippen LogP contribution is -2.18. The molecule has 0 aliphatic rings. The van der Waals surface area contributed by atoms with E-state index in [2.05, 4.69) is 4.74 Å². The van der Waals surface area contributed by atoms with Crippen molar-refractivity contribution in [1.29, 1.82) is 0 Å². The van der Waals surface area contributed by atoms with Gasteiger partial charge in [0.1, 0.15) is 6.29 Å². The third kappa shape index (κ3) is 3.57. The molecule has 0 aliphatic heterocycles. The normalized spacial score (nSPS) is 11.2. The fourth-order valence-corrected chi connectivity index (χ4v) is 0.975. The van der Waals surface area contributed by atoms with Crippen molar-refractivity contribution in [3.63, 3.8) is 0 Å². The molecule has 0 unspecified atom stereocenters. The molecule has 0 bridgehead atoms. The maximum absolute atomic E-state index is 13.0. The van der Waals surface area contributed by atoms with Crippen LogP contribution in [-0.4, -0.2) is 12.6 Å². The van der Waals surface area contributed by atoms with Crippen LogP contribution in [0.5, 0.6) is 5.75 Å². The topological polar surface area (TPSA) is 26.3 Å². The molecule has 1 rings (SSSR count). The van der Waals surface area contributed by atoms with Gasteiger partial charge in [0, 0.05) is 6.42 Å². The van der Waals surface area contributed by atoms with Crippen molar-refractivity contribution < 1.29 is 27.1 Å². The lowest BCUT2D eigenvalue weighted by atomic mass is 10.1. The van der Waals surface area contributed by atoms with E-state index in [1.807, 2.05) is 0 Å². The van der Waals surface area contributed by atoms with Crippen LogP contribution in [0.15, 0.2) is 18.2 Å². The Hall–Kier alpha value is -1.59. The van der Waals surface area contributed by atoms with Crippen molar-refractivity contribution in [2.45, 2.75) is 12.8 Å². The number of halogens is 4. The minimum absolute atomic E-state index is 0.0524. The van der Waals surface area contributed by atoms with Crippen LogP contribution in [0.3, 0.4) is 0 Å². The highest BCUT2D eigenvalue weighted by Gasteiger charge is 2.32. The molecule has 82 valence electrons. The van der Waals surface area contributed by atoms with Crippen molar-refractivity contribution in [3.05, 3.63) is 29.6 Å². The van der Waals surface area contributed by atoms with Gasteiger partial charge in [-0.25, -0.2) is 4.39 Å². The summed E-state index contributed by atoms with van der Waals surface area (Å²) in [6.07, 6.45) is -4.45. The van der Waals surface area contributed by atoms with E-state index in [4.69, 9.17) is 0 Å². The highest BCUT2D eigenvalue weighted by atomic mass is 19.4. The van der Waals surface area contributed by atoms with Gasteiger partial charge in [-0.15, -0.1) is 13.2 Å². The van der Waals surface area contributed by atoms with Gasteiger partial charge in [0.15, 0.2) is 11.6 Å². The van der Waals surface area contributed by atoms with Crippen molar-refractivity contribution >= 4 is 6.29 Å². The van der Waals surface area contributed by atoms with Crippen molar-refractivity contribution in [2.75, 3.05) is 0 Å². The third-order valence-electron chi connectivity index (χ3n) is 1.54. The zero-order valence-electron chi connectivity index (χ0n) is 7.34. The summed E-state index contributed by atoms with van der Waals surface area (Å²) in [6, 6.07) is 2.86. The van der Waals surface area contributed by atoms with Gasteiger partial charge in [-0.1, -0.05) is 6.07 Å². The molecule has 0 aromatic heterocycles. The van der Waals surface area contributed by atoms with Crippen LogP contribution < -0.4 is 4.74 Å². The summed E-state index contributed by atoms with van der Waals surface area (Å²) in [7, 11) is 0. The number of carbonyl (C=O) groups excluding carboxylic acids is 1. The largest absolute Gasteiger partial charge is 0.573 e. The molecular formula is C9H6F4O2. The highest BCUT2D eigenvalue weighted by molar-refractivity contribution is 5.55. The van der Waals surface area contributed by atoms with Gasteiger partial charge in [0.25, 0.3) is 0 Å². The first kappa shape index (κ1) is 11.5. The zero-order chi connectivity index (χ0) is 11.5. The minimum atomic E-state index is -4.92. The van der Waals surface area contributed by atoms with Gasteiger partial charge in [0.05, 0.1) is 0 Å². The summed E-state index contributed by atoms with van der Waals surface area (Å²) in [5.41, 5.74) is 0.289. The van der Waals surface area contributed by atoms with Crippen LogP contribution in [0, 0.1) is 5.82 Å². The number of rotatable bonds is 3. The Morgan fingerprint density at radius 1 is 1.33 bits per heavy atom. The van der Waals surface area contributed by atoms with Crippen LogP contribution in [0.2, 0.25) is 0 Å². The SMILES string of the molecule is O=CCc1ccc(OC(F)(F)F)c(F)c1. The lowest BCUT2D eigenvalue weighted by Gasteiger charge is -2.09. The fraction of sp³-hybridized carbons (Fsp3) is 0.222. The van der Waals surface area contributed by atoms with Gasteiger partial charge < -0.3 is 9.53 Å². The summed E-state index contributed by atoms with van der Waals surface area (Å²) >= 11 is 0. The Kier molecular flexibility index (Phi) is 3.28. The first-order valence-corrected chi connectivity index (χ1v) is 3.90. The average molecular weight is 222 g/mol. The molecule has 0 radical (unpaired) electrons. The molecule has 0 atom stereocenters. The Balaban J connectivity index is 2.88. The van der Waals surface area contributed by atoms with E-state index in [-0.39, 0.29) is 12.0 Å². The van der Waals surface area contributed by atoms with Crippen molar-refractivity contribution in [3.8, 4) is 5.75 Å². The molecule has 0 aliphatic carbocycles. The van der Waals surface area contributed by atoms with Crippen LogP contribution >= 0.6 is 0 Å². The molecule has 0 saturated carbocycles. The van der Waals surface area contributed by atoms with E-state index in [9.17, 15) is 22.4 Å². The Labute approximate surface area is 82.5 Å². The maximum atomic E-state index is 13.0. The number of benzene rings is 1. The summed E-state index contributed by atoms with van der Waals surface area (Å²) in [6.45, 7) is 0. The second-order valence-corrected chi connectivity index (χ2v) is 2.68. The molecule has 0 spiro atoms. The number of alkyl halides is 3. The predicted octanol–water partition coefficient (Wildman–Crippen LogP) is 2.47. The Morgan fingerprint density at radius 2 is 2.00 bits per heavy atom. The second-order valence-electron chi connectivity index (χ2n) is 2.68. The molecule has 0 amide bonds. The third-order valence-corrected chi connectivity index (χ3v) is 1.54. The maximum Gasteiger partial charge on any atom is 0.573 e. The lowest BCUT2D eigenvalue weighted by molar-refractivity contribution is -0.275. The number of hydrogen-bond donors (Lipinski definition) is 0. The van der Waals surface area contributed by atoms with E-state index in [1.54, 1.807) is 0 Å². The van der Waals surface area contributed by atoms with Gasteiger partial charge >= 0.3 is 6.36 Å². The molecule has 0 saturated heterocycles. The summed E-state index contributed by atoms with van der Waals surface area (Å²) in [4.78, 5) is 10.1. The number of carbonyl (C=O) groups is 1. The highest BCUT2D eigenvalue weighted by Crippen LogP contribution is 2.25. The summed E-state index contributed by atoms with van der Waals surface area (Å²) in [5.74, 6) is -2.05. The molecular weight excluding hydrogens is 216 g/mol. The van der Waals surface area contributed by atoms with E-state index >= 15 is 0 Å². The molecule has 1 aromatic carbocycles. The zero-order valence-corrected chi connectivity index (χ0v) is 7.34. The smallest absolute Gasteiger partial charge is 0.403 e. The number of ether oxygens (including phenoxy) is 1. The van der Waals surface area contributed by atoms with Crippen molar-refractivity contribution in [2.24, 2.45) is 0 Å². The minimum Gasteiger partial charge on any atom is -0.403 e. The fourth-order valence-electron chi connectivity index (χ4n) is 0.975. The van der Waals surface area contributed by atoms with Gasteiger partial charge in [-0.2, -0.15) is 0 Å². The molecule has 1 aromatic rings. The summed E-state index contributed by atoms with van der Waals surface area (Å²) in [5, 5.41) is 0. The second kappa shape index (κ2) is 4.29. The van der Waals surface area contributed by atoms with Crippen molar-refractivity contribution in [1.82, 2.24) is 0 Å². The molecule has 0 fully saturated rings. The van der Waals surface area contributed by atoms with Crippen LogP contribution in [0.1, 0.15) is 5.56 Å². The van der Waals surface area contributed by atoms with Crippen LogP contribution in [0.4, 0.5) is 17.6 Å². The van der Waals surface area contributed by atoms with E-state index in [0.717, 1.165) is 12.1 Å². The summed E-state index contributed by atoms with van der Waals surface area (Å²) < 4.78 is 51.5. The van der Waals surface area contributed by atoms with Crippen LogP contribution in [0.25, 0.3) is 0 Å². The standard InChI is InChI=1S/C9H6F4O2/c10-7-5-6(3-4-14)1-2-8(7)15-9(11,12)13/h1-2,4-5H,3H2. The van der Waals surface area contributed by atoms with Gasteiger partial charge in [-0.05, 0) is 17.7 Å². The molecule has 6 heteroatoms. The first-order valence-electron chi connectivity index (χ1n) is 3.90. The molecule has 0 N–H and O–H groups in total. The van der Waals surface area contributed by atoms with Gasteiger partial charge in [-0.3, -0.25) is 0 Å². The van der Waals surface area contributed by atoms with E-state index in [1.165, 1.54) is 6.07 Å². The molecule has 15 heavy (non-hydrogen) atoms. The van der Waals surface area contributed by atoms with E-state index in [0.29, 0.717) is 6.29 Å². The number of aldehydes is 1. The first-order chi connectivity index (χ1) is 6.92. The quantitative estimate of drug-likeness (QED) is 0.580. The average Bonchev–Trinajstić information content (AvgIpc) is 2.08. The predicted molar refractivity (Wildman–Crippen MR) is 42.9 cm³/mol. The van der Waals surface area contributed by atoms with Crippen LogP contribution in [-0.2, 0) is 11.2 Å². The van der Waals surface area contributed by atoms with E-state index < -0.39 is 17.9 Å².